The fourth-order valence-electron chi connectivity index (χ4n) is 0.594. The molecule has 0 radical (unpaired) electrons. The summed E-state index contributed by atoms with van der Waals surface area (Å²) in [5.74, 6) is 0. The Kier molecular flexibility index (Phi) is 1.67. The van der Waals surface area contributed by atoms with E-state index in [-0.39, 0.29) is 5.69 Å². The Balaban J connectivity index is 3.26. The lowest BCUT2D eigenvalue weighted by Gasteiger charge is -1.92. The fraction of sp³-hybridized carbons (Fsp3) is 0.200. The summed E-state index contributed by atoms with van der Waals surface area (Å²) in [6, 6.07) is 0. The van der Waals surface area contributed by atoms with E-state index < -0.39 is 10.6 Å². The first-order valence-electron chi connectivity index (χ1n) is 2.78. The van der Waals surface area contributed by atoms with Gasteiger partial charge in [-0.2, -0.15) is 4.98 Å². The normalized spacial score (nSPS) is 9.55. The lowest BCUT2D eigenvalue weighted by Crippen LogP contribution is -2.18. The molecule has 0 amide bonds. The zero-order valence-electron chi connectivity index (χ0n) is 5.72. The summed E-state index contributed by atoms with van der Waals surface area (Å²) in [5, 5.41) is 10.1. The fourth-order valence-corrected chi connectivity index (χ4v) is 0.594. The van der Waals surface area contributed by atoms with E-state index >= 15 is 0 Å². The van der Waals surface area contributed by atoms with Crippen molar-refractivity contribution in [3.63, 3.8) is 0 Å². The third-order valence-corrected chi connectivity index (χ3v) is 1.15. The Hall–Kier alpha value is -1.72. The van der Waals surface area contributed by atoms with Crippen LogP contribution in [0.4, 0.5) is 5.69 Å². The van der Waals surface area contributed by atoms with Gasteiger partial charge in [0.05, 0.1) is 11.1 Å². The first-order chi connectivity index (χ1) is 5.11. The molecule has 11 heavy (non-hydrogen) atoms. The summed E-state index contributed by atoms with van der Waals surface area (Å²) < 4.78 is 1.05. The van der Waals surface area contributed by atoms with Crippen LogP contribution in [0.25, 0.3) is 0 Å². The van der Waals surface area contributed by atoms with E-state index in [1.54, 1.807) is 0 Å². The first-order valence-corrected chi connectivity index (χ1v) is 2.78. The summed E-state index contributed by atoms with van der Waals surface area (Å²) in [7, 11) is 1.41. The van der Waals surface area contributed by atoms with Crippen molar-refractivity contribution in [3.05, 3.63) is 33.0 Å². The van der Waals surface area contributed by atoms with Gasteiger partial charge in [0.25, 0.3) is 0 Å². The van der Waals surface area contributed by atoms with Gasteiger partial charge in [-0.1, -0.05) is 0 Å². The van der Waals surface area contributed by atoms with E-state index in [0.29, 0.717) is 0 Å². The van der Waals surface area contributed by atoms with Gasteiger partial charge in [-0.05, 0) is 0 Å². The molecule has 0 aliphatic rings. The SMILES string of the molecule is Cn1cc([N+](=O)[O-])cnc1=O. The molecule has 6 nitrogen and oxygen atoms in total. The Morgan fingerprint density at radius 3 is 2.82 bits per heavy atom. The summed E-state index contributed by atoms with van der Waals surface area (Å²) in [6.45, 7) is 0. The average Bonchev–Trinajstić information content (AvgIpc) is 1.94. The maximum atomic E-state index is 10.6. The van der Waals surface area contributed by atoms with Crippen LogP contribution in [0.2, 0.25) is 0 Å². The van der Waals surface area contributed by atoms with Crippen molar-refractivity contribution in [1.82, 2.24) is 9.55 Å². The molecular formula is C5H5N3O3. The topological polar surface area (TPSA) is 78.0 Å². The van der Waals surface area contributed by atoms with Crippen LogP contribution >= 0.6 is 0 Å². The predicted molar refractivity (Wildman–Crippen MR) is 36.1 cm³/mol. The minimum atomic E-state index is -0.605. The van der Waals surface area contributed by atoms with Crippen molar-refractivity contribution in [1.29, 1.82) is 0 Å². The predicted octanol–water partition coefficient (Wildman–Crippen LogP) is -0.312. The van der Waals surface area contributed by atoms with Crippen LogP contribution < -0.4 is 5.69 Å². The van der Waals surface area contributed by atoms with Gasteiger partial charge in [-0.3, -0.25) is 14.7 Å². The van der Waals surface area contributed by atoms with Crippen LogP contribution in [0.3, 0.4) is 0 Å². The second-order valence-corrected chi connectivity index (χ2v) is 1.96. The van der Waals surface area contributed by atoms with Gasteiger partial charge in [0.2, 0.25) is 0 Å². The molecule has 0 N–H and O–H groups in total. The maximum Gasteiger partial charge on any atom is 0.347 e. The van der Waals surface area contributed by atoms with Crippen molar-refractivity contribution < 1.29 is 4.92 Å². The highest BCUT2D eigenvalue weighted by molar-refractivity contribution is 5.19. The third kappa shape index (κ3) is 1.40. The Labute approximate surface area is 61.3 Å². The van der Waals surface area contributed by atoms with Crippen molar-refractivity contribution in [2.45, 2.75) is 0 Å². The highest BCUT2D eigenvalue weighted by atomic mass is 16.6. The molecule has 58 valence electrons. The Morgan fingerprint density at radius 2 is 2.36 bits per heavy atom. The molecule has 1 aromatic rings. The van der Waals surface area contributed by atoms with Crippen LogP contribution in [-0.2, 0) is 7.05 Å². The van der Waals surface area contributed by atoms with Gasteiger partial charge in [-0.15, -0.1) is 0 Å². The van der Waals surface area contributed by atoms with Gasteiger partial charge in [-0.25, -0.2) is 4.79 Å². The molecule has 0 atom stereocenters. The second kappa shape index (κ2) is 2.49. The molecule has 0 saturated heterocycles. The van der Waals surface area contributed by atoms with Crippen LogP contribution in [0.15, 0.2) is 17.2 Å². The molecular weight excluding hydrogens is 150 g/mol. The van der Waals surface area contributed by atoms with E-state index in [1.165, 1.54) is 7.05 Å². The third-order valence-electron chi connectivity index (χ3n) is 1.15. The molecule has 1 heterocycles. The number of nitro groups is 1. The number of hydrogen-bond donors (Lipinski definition) is 0. The Morgan fingerprint density at radius 1 is 1.73 bits per heavy atom. The number of aromatic nitrogens is 2. The zero-order chi connectivity index (χ0) is 8.43. The van der Waals surface area contributed by atoms with Gasteiger partial charge in [0.1, 0.15) is 6.20 Å². The van der Waals surface area contributed by atoms with E-state index in [9.17, 15) is 14.9 Å². The minimum Gasteiger partial charge on any atom is -0.295 e. The van der Waals surface area contributed by atoms with Crippen LogP contribution in [0.1, 0.15) is 0 Å². The highest BCUT2D eigenvalue weighted by Gasteiger charge is 2.05. The zero-order valence-corrected chi connectivity index (χ0v) is 5.72. The van der Waals surface area contributed by atoms with Gasteiger partial charge >= 0.3 is 11.4 Å². The monoisotopic (exact) mass is 155 g/mol. The standard InChI is InChI=1S/C5H5N3O3/c1-7-3-4(8(10)11)2-6-5(7)9/h2-3H,1H3. The lowest BCUT2D eigenvalue weighted by atomic mass is 10.5. The molecule has 0 aliphatic carbocycles. The molecule has 0 aliphatic heterocycles. The highest BCUT2D eigenvalue weighted by Crippen LogP contribution is 2.02. The van der Waals surface area contributed by atoms with Crippen LogP contribution in [0, 0.1) is 10.1 Å². The molecule has 1 rings (SSSR count). The maximum absolute atomic E-state index is 10.6. The van der Waals surface area contributed by atoms with Crippen molar-refractivity contribution in [2.75, 3.05) is 0 Å². The molecule has 0 aromatic carbocycles. The summed E-state index contributed by atoms with van der Waals surface area (Å²) in [4.78, 5) is 23.4. The van der Waals surface area contributed by atoms with E-state index in [1.807, 2.05) is 0 Å². The molecule has 0 bridgehead atoms. The quantitative estimate of drug-likeness (QED) is 0.411. The molecule has 1 aromatic heterocycles. The van der Waals surface area contributed by atoms with E-state index in [4.69, 9.17) is 0 Å². The summed E-state index contributed by atoms with van der Waals surface area (Å²) >= 11 is 0. The molecule has 0 saturated carbocycles. The number of hydrogen-bond acceptors (Lipinski definition) is 4. The van der Waals surface area contributed by atoms with Crippen LogP contribution in [-0.4, -0.2) is 14.5 Å². The number of aryl methyl sites for hydroxylation is 1. The largest absolute Gasteiger partial charge is 0.347 e. The number of rotatable bonds is 1. The summed E-state index contributed by atoms with van der Waals surface area (Å²) in [5.41, 5.74) is -0.692. The molecule has 0 spiro atoms. The average molecular weight is 155 g/mol. The van der Waals surface area contributed by atoms with Crippen molar-refractivity contribution in [2.24, 2.45) is 7.05 Å². The summed E-state index contributed by atoms with van der Waals surface area (Å²) in [6.07, 6.45) is 2.05. The number of nitrogens with zero attached hydrogens (tertiary/aromatic N) is 3. The lowest BCUT2D eigenvalue weighted by molar-refractivity contribution is -0.385. The van der Waals surface area contributed by atoms with Gasteiger partial charge in [0.15, 0.2) is 0 Å². The molecule has 6 heteroatoms. The molecule has 0 fully saturated rings. The first kappa shape index (κ1) is 7.39. The van der Waals surface area contributed by atoms with Crippen LogP contribution in [0.5, 0.6) is 0 Å². The van der Waals surface area contributed by atoms with Gasteiger partial charge < -0.3 is 0 Å². The smallest absolute Gasteiger partial charge is 0.295 e. The van der Waals surface area contributed by atoms with Crippen molar-refractivity contribution in [3.8, 4) is 0 Å². The van der Waals surface area contributed by atoms with Crippen molar-refractivity contribution >= 4 is 5.69 Å². The van der Waals surface area contributed by atoms with E-state index in [0.717, 1.165) is 17.0 Å². The van der Waals surface area contributed by atoms with Gasteiger partial charge in [0, 0.05) is 7.05 Å². The molecule has 0 unspecified atom stereocenters. The second-order valence-electron chi connectivity index (χ2n) is 1.96. The Bertz CT molecular complexity index is 343. The minimum absolute atomic E-state index is 0.188. The van der Waals surface area contributed by atoms with E-state index in [2.05, 4.69) is 4.98 Å².